The van der Waals surface area contributed by atoms with Crippen LogP contribution in [-0.2, 0) is 32.7 Å². The van der Waals surface area contributed by atoms with Gasteiger partial charge in [-0.25, -0.2) is 4.57 Å². The Balaban J connectivity index is 2.37. The Bertz CT molecular complexity index is 1230. The Morgan fingerprint density at radius 1 is 0.462 bits per heavy atom. The van der Waals surface area contributed by atoms with E-state index >= 15 is 0 Å². The fourth-order valence-corrected chi connectivity index (χ4v) is 9.05. The fraction of sp³-hybridized carbons (Fsp3) is 0.882. The van der Waals surface area contributed by atoms with Crippen molar-refractivity contribution in [3.8, 4) is 0 Å². The van der Waals surface area contributed by atoms with Crippen LogP contribution in [0.25, 0.3) is 0 Å². The second-order valence-corrected chi connectivity index (χ2v) is 19.8. The number of phosphoric acid groups is 1. The summed E-state index contributed by atoms with van der Waals surface area (Å²) < 4.78 is 33.6. The minimum Gasteiger partial charge on any atom is -0.462 e. The molecule has 0 saturated heterocycles. The number of unbranched alkanes of at least 4 members (excludes halogenated alkanes) is 28. The van der Waals surface area contributed by atoms with Crippen molar-refractivity contribution in [2.75, 3.05) is 13.2 Å². The predicted octanol–water partition coefficient (Wildman–Crippen LogP) is 11.2. The molecule has 14 heteroatoms. The zero-order valence-electron chi connectivity index (χ0n) is 40.8. The number of carbonyl (C=O) groups excluding carboxylic acids is 2. The molecule has 0 aromatic carbocycles. The van der Waals surface area contributed by atoms with E-state index in [1.54, 1.807) is 0 Å². The van der Waals surface area contributed by atoms with Gasteiger partial charge in [0, 0.05) is 12.8 Å². The van der Waals surface area contributed by atoms with E-state index < -0.39 is 75.7 Å². The molecule has 1 rings (SSSR count). The molecule has 13 nitrogen and oxygen atoms in total. The lowest BCUT2D eigenvalue weighted by atomic mass is 9.85. The first kappa shape index (κ1) is 61.3. The van der Waals surface area contributed by atoms with Gasteiger partial charge >= 0.3 is 19.8 Å². The molecule has 1 fully saturated rings. The molecule has 382 valence electrons. The van der Waals surface area contributed by atoms with Crippen molar-refractivity contribution < 1.29 is 63.1 Å². The molecule has 6 unspecified atom stereocenters. The van der Waals surface area contributed by atoms with Gasteiger partial charge in [-0.1, -0.05) is 199 Å². The quantitative estimate of drug-likeness (QED) is 0.0146. The molecule has 0 heterocycles. The average molecular weight is 947 g/mol. The molecule has 0 aromatic heterocycles. The van der Waals surface area contributed by atoms with E-state index in [-0.39, 0.29) is 12.8 Å². The third-order valence-corrected chi connectivity index (χ3v) is 13.3. The van der Waals surface area contributed by atoms with E-state index in [1.165, 1.54) is 141 Å². The summed E-state index contributed by atoms with van der Waals surface area (Å²) in [6.45, 7) is 3.30. The highest BCUT2D eigenvalue weighted by Crippen LogP contribution is 2.47. The van der Waals surface area contributed by atoms with Gasteiger partial charge in [-0.2, -0.15) is 0 Å². The van der Waals surface area contributed by atoms with E-state index in [0.717, 1.165) is 44.9 Å². The summed E-state index contributed by atoms with van der Waals surface area (Å²) >= 11 is 0. The van der Waals surface area contributed by atoms with Gasteiger partial charge in [-0.15, -0.1) is 0 Å². The Hall–Kier alpha value is -1.67. The minimum absolute atomic E-state index is 0.0929. The van der Waals surface area contributed by atoms with Crippen LogP contribution in [0.1, 0.15) is 232 Å². The van der Waals surface area contributed by atoms with Crippen LogP contribution < -0.4 is 0 Å². The fourth-order valence-electron chi connectivity index (χ4n) is 8.07. The number of phosphoric ester groups is 1. The van der Waals surface area contributed by atoms with Gasteiger partial charge in [0.2, 0.25) is 0 Å². The number of carbonyl (C=O) groups is 2. The molecule has 0 aliphatic heterocycles. The highest BCUT2D eigenvalue weighted by atomic mass is 31.2. The lowest BCUT2D eigenvalue weighted by Gasteiger charge is -2.41. The summed E-state index contributed by atoms with van der Waals surface area (Å²) in [6.07, 6.45) is 33.9. The van der Waals surface area contributed by atoms with E-state index in [9.17, 15) is 44.6 Å². The van der Waals surface area contributed by atoms with E-state index in [4.69, 9.17) is 18.5 Å². The van der Waals surface area contributed by atoms with Crippen LogP contribution in [0.4, 0.5) is 0 Å². The van der Waals surface area contributed by atoms with Gasteiger partial charge in [0.15, 0.2) is 6.10 Å². The first-order valence-corrected chi connectivity index (χ1v) is 27.6. The summed E-state index contributed by atoms with van der Waals surface area (Å²) in [7, 11) is -5.12. The Morgan fingerprint density at radius 3 is 1.26 bits per heavy atom. The van der Waals surface area contributed by atoms with Crippen LogP contribution in [0.3, 0.4) is 0 Å². The third kappa shape index (κ3) is 33.5. The van der Waals surface area contributed by atoms with Gasteiger partial charge < -0.3 is 39.9 Å². The number of allylic oxidation sites excluding steroid dienone is 4. The largest absolute Gasteiger partial charge is 0.472 e. The Kier molecular flexibility index (Phi) is 39.0. The summed E-state index contributed by atoms with van der Waals surface area (Å²) in [5.41, 5.74) is 0. The summed E-state index contributed by atoms with van der Waals surface area (Å²) in [5, 5.41) is 50.2. The van der Waals surface area contributed by atoms with E-state index in [2.05, 4.69) is 32.1 Å². The van der Waals surface area contributed by atoms with Gasteiger partial charge in [-0.3, -0.25) is 18.6 Å². The maximum Gasteiger partial charge on any atom is 0.472 e. The van der Waals surface area contributed by atoms with Crippen molar-refractivity contribution in [3.05, 3.63) is 24.3 Å². The lowest BCUT2D eigenvalue weighted by Crippen LogP contribution is -2.64. The summed E-state index contributed by atoms with van der Waals surface area (Å²) in [5.74, 6) is -1.14. The zero-order valence-corrected chi connectivity index (χ0v) is 41.7. The van der Waals surface area contributed by atoms with Gasteiger partial charge in [0.1, 0.15) is 43.2 Å². The van der Waals surface area contributed by atoms with E-state index in [1.807, 2.05) is 6.08 Å². The monoisotopic (exact) mass is 947 g/mol. The zero-order chi connectivity index (χ0) is 47.8. The number of aliphatic hydroxyl groups excluding tert-OH is 5. The Labute approximate surface area is 394 Å². The number of esters is 2. The lowest BCUT2D eigenvalue weighted by molar-refractivity contribution is -0.220. The molecule has 1 aliphatic rings. The number of hydrogen-bond acceptors (Lipinski definition) is 12. The molecule has 6 N–H and O–H groups in total. The molecule has 0 bridgehead atoms. The topological polar surface area (TPSA) is 210 Å². The molecular weight excluding hydrogens is 852 g/mol. The molecule has 0 spiro atoms. The molecule has 1 saturated carbocycles. The molecule has 8 atom stereocenters. The molecule has 0 radical (unpaired) electrons. The van der Waals surface area contributed by atoms with Crippen LogP contribution in [0.5, 0.6) is 0 Å². The number of rotatable bonds is 44. The van der Waals surface area contributed by atoms with Crippen molar-refractivity contribution in [2.45, 2.75) is 275 Å². The highest BCUT2D eigenvalue weighted by Gasteiger charge is 2.51. The van der Waals surface area contributed by atoms with Crippen molar-refractivity contribution >= 4 is 19.8 Å². The van der Waals surface area contributed by atoms with Gasteiger partial charge in [0.25, 0.3) is 0 Å². The summed E-state index contributed by atoms with van der Waals surface area (Å²) in [4.78, 5) is 35.8. The van der Waals surface area contributed by atoms with Crippen LogP contribution in [0, 0.1) is 0 Å². The second-order valence-electron chi connectivity index (χ2n) is 18.4. The van der Waals surface area contributed by atoms with Crippen LogP contribution in [0.15, 0.2) is 24.3 Å². The normalized spacial score (nSPS) is 21.5. The maximum absolute atomic E-state index is 12.8. The molecule has 0 amide bonds. The molecule has 1 aliphatic carbocycles. The van der Waals surface area contributed by atoms with Gasteiger partial charge in [0.05, 0.1) is 6.61 Å². The van der Waals surface area contributed by atoms with Crippen molar-refractivity contribution in [1.82, 2.24) is 0 Å². The van der Waals surface area contributed by atoms with E-state index in [0.29, 0.717) is 19.3 Å². The highest BCUT2D eigenvalue weighted by molar-refractivity contribution is 7.47. The molecule has 0 aromatic rings. The van der Waals surface area contributed by atoms with Crippen molar-refractivity contribution in [2.24, 2.45) is 0 Å². The third-order valence-electron chi connectivity index (χ3n) is 12.3. The number of ether oxygens (including phenoxy) is 2. The van der Waals surface area contributed by atoms with Crippen LogP contribution in [-0.4, -0.2) is 98.3 Å². The van der Waals surface area contributed by atoms with Crippen molar-refractivity contribution in [3.63, 3.8) is 0 Å². The molecule has 65 heavy (non-hydrogen) atoms. The van der Waals surface area contributed by atoms with Crippen molar-refractivity contribution in [1.29, 1.82) is 0 Å². The standard InChI is InChI=1S/C51H95O13P/c1-3-5-7-9-11-13-15-17-18-19-20-21-22-23-24-25-26-28-29-31-33-35-37-39-44(52)61-41-43(42-62-65(59,60)64-51-49(57)47(55)46(54)48(56)50(51)58)63-45(53)40-38-36-34-32-30-27-16-14-12-10-8-6-4-2/h25-26,31,33,43,46-51,54-58H,3-24,27-30,32,34-42H2,1-2H3,(H,59,60)/b26-25+,33-31+/t43-,46?,47-,48?,49?,50?,51?/m0/s1. The predicted molar refractivity (Wildman–Crippen MR) is 258 cm³/mol. The average Bonchev–Trinajstić information content (AvgIpc) is 3.29. The van der Waals surface area contributed by atoms with Crippen LogP contribution >= 0.6 is 7.82 Å². The Morgan fingerprint density at radius 2 is 0.815 bits per heavy atom. The first-order valence-electron chi connectivity index (χ1n) is 26.1. The second kappa shape index (κ2) is 41.3. The van der Waals surface area contributed by atoms with Crippen LogP contribution in [0.2, 0.25) is 0 Å². The number of hydrogen-bond donors (Lipinski definition) is 6. The number of aliphatic hydroxyl groups is 5. The summed E-state index contributed by atoms with van der Waals surface area (Å²) in [6, 6.07) is 0. The molecular formula is C51H95O13P. The van der Waals surface area contributed by atoms with Gasteiger partial charge in [-0.05, 0) is 44.9 Å². The first-order chi connectivity index (χ1) is 31.4. The SMILES string of the molecule is CCCCCCCCCCCCCCCC/C=C/CC/C=C/CCCC(=O)OC[C@@H](COP(=O)(O)OC1C(O)C(O)C(O)[C@H](O)C1O)OC(=O)CCCCCCCCCCCCCCC. The smallest absolute Gasteiger partial charge is 0.462 e. The minimum atomic E-state index is -5.12. The maximum atomic E-state index is 12.8.